The van der Waals surface area contributed by atoms with Crippen molar-refractivity contribution in [3.8, 4) is 0 Å². The van der Waals surface area contributed by atoms with Gasteiger partial charge in [-0.25, -0.2) is 0 Å². The van der Waals surface area contributed by atoms with Crippen LogP contribution in [0.3, 0.4) is 0 Å². The minimum Gasteiger partial charge on any atom is -0.390 e. The molecule has 1 fully saturated rings. The number of halogens is 3. The number of hydrogen-bond acceptors (Lipinski definition) is 5. The molecule has 1 heterocycles. The van der Waals surface area contributed by atoms with Gasteiger partial charge in [0.05, 0.1) is 12.1 Å². The molecule has 214 valence electrons. The average molecular weight is 606 g/mol. The van der Waals surface area contributed by atoms with Gasteiger partial charge in [-0.3, -0.25) is 9.59 Å². The fraction of sp³-hybridized carbons (Fsp3) is 0.333. The first-order valence-electron chi connectivity index (χ1n) is 13.2. The van der Waals surface area contributed by atoms with Gasteiger partial charge in [0.25, 0.3) is 5.91 Å². The van der Waals surface area contributed by atoms with Gasteiger partial charge in [0.1, 0.15) is 0 Å². The topological polar surface area (TPSA) is 93.7 Å². The van der Waals surface area contributed by atoms with Gasteiger partial charge in [0.2, 0.25) is 5.91 Å². The Morgan fingerprint density at radius 3 is 2.40 bits per heavy atom. The number of benzene rings is 3. The largest absolute Gasteiger partial charge is 0.390 e. The molecule has 3 aromatic rings. The minimum absolute atomic E-state index is 0. The lowest BCUT2D eigenvalue weighted by atomic mass is 10.00. The zero-order valence-corrected chi connectivity index (χ0v) is 24.7. The van der Waals surface area contributed by atoms with E-state index in [2.05, 4.69) is 16.0 Å². The van der Waals surface area contributed by atoms with Crippen LogP contribution >= 0.6 is 35.6 Å². The van der Waals surface area contributed by atoms with Crippen molar-refractivity contribution in [1.29, 1.82) is 0 Å². The average Bonchev–Trinajstić information content (AvgIpc) is 3.34. The predicted octanol–water partition coefficient (Wildman–Crippen LogP) is 5.47. The number of rotatable bonds is 12. The van der Waals surface area contributed by atoms with Gasteiger partial charge in [0, 0.05) is 59.6 Å². The normalized spacial score (nSPS) is 14.4. The summed E-state index contributed by atoms with van der Waals surface area (Å²) in [5, 5.41) is 21.8. The fourth-order valence-electron chi connectivity index (χ4n) is 4.75. The number of amides is 2. The van der Waals surface area contributed by atoms with E-state index in [1.165, 1.54) is 0 Å². The Labute approximate surface area is 251 Å². The van der Waals surface area contributed by atoms with Crippen molar-refractivity contribution in [2.45, 2.75) is 44.9 Å². The summed E-state index contributed by atoms with van der Waals surface area (Å²) in [6.07, 6.45) is 0.876. The van der Waals surface area contributed by atoms with E-state index in [0.717, 1.165) is 23.2 Å². The Bertz CT molecular complexity index is 1270. The summed E-state index contributed by atoms with van der Waals surface area (Å²) in [6, 6.07) is 19.9. The third-order valence-electron chi connectivity index (χ3n) is 6.63. The lowest BCUT2D eigenvalue weighted by Crippen LogP contribution is -2.48. The van der Waals surface area contributed by atoms with E-state index in [-0.39, 0.29) is 30.8 Å². The summed E-state index contributed by atoms with van der Waals surface area (Å²) >= 11 is 12.2. The first kappa shape index (κ1) is 31.7. The molecular weight excluding hydrogens is 571 g/mol. The second-order valence-electron chi connectivity index (χ2n) is 9.69. The van der Waals surface area contributed by atoms with Crippen LogP contribution in [0.4, 0.5) is 11.4 Å². The molecule has 0 saturated carbocycles. The van der Waals surface area contributed by atoms with E-state index < -0.39 is 12.1 Å². The maximum absolute atomic E-state index is 13.5. The highest BCUT2D eigenvalue weighted by Gasteiger charge is 2.25. The molecule has 40 heavy (non-hydrogen) atoms. The van der Waals surface area contributed by atoms with Gasteiger partial charge in [-0.2, -0.15) is 0 Å². The van der Waals surface area contributed by atoms with E-state index in [4.69, 9.17) is 23.2 Å². The van der Waals surface area contributed by atoms with Crippen LogP contribution in [0.1, 0.15) is 41.3 Å². The third-order valence-corrected chi connectivity index (χ3v) is 7.07. The van der Waals surface area contributed by atoms with Crippen LogP contribution < -0.4 is 20.9 Å². The molecule has 0 aromatic heterocycles. The Kier molecular flexibility index (Phi) is 12.1. The molecule has 7 nitrogen and oxygen atoms in total. The summed E-state index contributed by atoms with van der Waals surface area (Å²) in [6.45, 7) is 3.99. The molecule has 0 aliphatic carbocycles. The molecule has 0 radical (unpaired) electrons. The van der Waals surface area contributed by atoms with Gasteiger partial charge in [-0.15, -0.1) is 12.4 Å². The lowest BCUT2D eigenvalue weighted by molar-refractivity contribution is -0.117. The van der Waals surface area contributed by atoms with Crippen molar-refractivity contribution >= 4 is 58.8 Å². The summed E-state index contributed by atoms with van der Waals surface area (Å²) in [7, 11) is 0. The molecule has 0 bridgehead atoms. The molecule has 1 aliphatic heterocycles. The maximum atomic E-state index is 13.5. The highest BCUT2D eigenvalue weighted by Crippen LogP contribution is 2.27. The first-order valence-corrected chi connectivity index (χ1v) is 14.0. The van der Waals surface area contributed by atoms with Crippen molar-refractivity contribution in [2.75, 3.05) is 29.9 Å². The Balaban J connectivity index is 0.00000441. The van der Waals surface area contributed by atoms with Crippen molar-refractivity contribution in [3.05, 3.63) is 93.5 Å². The highest BCUT2D eigenvalue weighted by molar-refractivity contribution is 6.34. The van der Waals surface area contributed by atoms with E-state index in [1.807, 2.05) is 55.5 Å². The molecule has 2 atom stereocenters. The van der Waals surface area contributed by atoms with E-state index in [9.17, 15) is 14.7 Å². The summed E-state index contributed by atoms with van der Waals surface area (Å²) in [5.41, 5.74) is 3.78. The van der Waals surface area contributed by atoms with E-state index in [0.29, 0.717) is 53.8 Å². The second-order valence-corrected chi connectivity index (χ2v) is 10.6. The molecule has 2 amide bonds. The number of hydrogen-bond donors (Lipinski definition) is 4. The SMILES string of the molecule is CCNc1cc(C(=O)N[C@@H](Cc2ccccc2)[C@@H](O)CNCc2cc(Cl)cc(Cl)c2)cc(N2CCCC2=O)c1.Cl. The number of carbonyl (C=O) groups excluding carboxylic acids is 2. The zero-order valence-electron chi connectivity index (χ0n) is 22.3. The van der Waals surface area contributed by atoms with Crippen LogP contribution in [0.5, 0.6) is 0 Å². The number of carbonyl (C=O) groups is 2. The highest BCUT2D eigenvalue weighted by atomic mass is 35.5. The van der Waals surface area contributed by atoms with Crippen molar-refractivity contribution in [1.82, 2.24) is 10.6 Å². The monoisotopic (exact) mass is 604 g/mol. The summed E-state index contributed by atoms with van der Waals surface area (Å²) in [5.74, 6) is -0.260. The van der Waals surface area contributed by atoms with Gasteiger partial charge >= 0.3 is 0 Å². The molecule has 3 aromatic carbocycles. The summed E-state index contributed by atoms with van der Waals surface area (Å²) in [4.78, 5) is 27.6. The standard InChI is InChI=1S/C30H34Cl2N4O3.ClH/c1-2-34-25-14-22(15-26(17-25)36-10-6-9-29(36)38)30(39)35-27(13-20-7-4-3-5-8-20)28(37)19-33-18-21-11-23(31)16-24(32)12-21;/h3-5,7-8,11-12,14-17,27-28,33-34,37H,2,6,9-10,13,18-19H2,1H3,(H,35,39);1H/t27-,28-;/m0./s1. The third kappa shape index (κ3) is 8.85. The van der Waals surface area contributed by atoms with Crippen molar-refractivity contribution in [3.63, 3.8) is 0 Å². The van der Waals surface area contributed by atoms with Crippen molar-refractivity contribution in [2.24, 2.45) is 0 Å². The second kappa shape index (κ2) is 15.3. The Hall–Kier alpha value is -2.81. The van der Waals surface area contributed by atoms with Crippen LogP contribution in [-0.2, 0) is 17.8 Å². The molecule has 1 saturated heterocycles. The van der Waals surface area contributed by atoms with Gasteiger partial charge in [-0.1, -0.05) is 53.5 Å². The van der Waals surface area contributed by atoms with Crippen LogP contribution in [-0.4, -0.2) is 48.7 Å². The van der Waals surface area contributed by atoms with Gasteiger partial charge in [-0.05, 0) is 67.3 Å². The Morgan fingerprint density at radius 1 is 1.02 bits per heavy atom. The molecule has 0 spiro atoms. The summed E-state index contributed by atoms with van der Waals surface area (Å²) < 4.78 is 0. The molecule has 10 heteroatoms. The molecule has 1 aliphatic rings. The minimum atomic E-state index is -0.875. The first-order chi connectivity index (χ1) is 18.8. The smallest absolute Gasteiger partial charge is 0.251 e. The van der Waals surface area contributed by atoms with Crippen LogP contribution in [0.15, 0.2) is 66.7 Å². The number of anilines is 2. The van der Waals surface area contributed by atoms with E-state index >= 15 is 0 Å². The van der Waals surface area contributed by atoms with E-state index in [1.54, 1.807) is 23.1 Å². The van der Waals surface area contributed by atoms with Gasteiger partial charge < -0.3 is 26.0 Å². The van der Waals surface area contributed by atoms with Crippen LogP contribution in [0.2, 0.25) is 10.0 Å². The molecule has 4 rings (SSSR count). The maximum Gasteiger partial charge on any atom is 0.251 e. The predicted molar refractivity (Wildman–Crippen MR) is 165 cm³/mol. The van der Waals surface area contributed by atoms with Crippen LogP contribution in [0.25, 0.3) is 0 Å². The number of nitrogens with zero attached hydrogens (tertiary/aromatic N) is 1. The van der Waals surface area contributed by atoms with Crippen LogP contribution in [0, 0.1) is 0 Å². The molecular formula is C30H35Cl3N4O3. The van der Waals surface area contributed by atoms with Crippen molar-refractivity contribution < 1.29 is 14.7 Å². The number of aliphatic hydroxyl groups is 1. The van der Waals surface area contributed by atoms with Gasteiger partial charge in [0.15, 0.2) is 0 Å². The Morgan fingerprint density at radius 2 is 1.75 bits per heavy atom. The lowest BCUT2D eigenvalue weighted by Gasteiger charge is -2.25. The number of aliphatic hydroxyl groups excluding tert-OH is 1. The zero-order chi connectivity index (χ0) is 27.8. The quantitative estimate of drug-likeness (QED) is 0.220. The molecule has 0 unspecified atom stereocenters. The molecule has 4 N–H and O–H groups in total. The number of nitrogens with one attached hydrogen (secondary N) is 3. The fourth-order valence-corrected chi connectivity index (χ4v) is 5.32.